The van der Waals surface area contributed by atoms with Crippen LogP contribution in [0.15, 0.2) is 35.1 Å². The first-order chi connectivity index (χ1) is 12.2. The van der Waals surface area contributed by atoms with Crippen molar-refractivity contribution in [2.24, 2.45) is 0 Å². The third kappa shape index (κ3) is 3.61. The highest BCUT2D eigenvalue weighted by molar-refractivity contribution is 5.93. The second-order valence-electron chi connectivity index (χ2n) is 6.15. The van der Waals surface area contributed by atoms with E-state index >= 15 is 0 Å². The van der Waals surface area contributed by atoms with Crippen LogP contribution >= 0.6 is 0 Å². The second kappa shape index (κ2) is 6.54. The van der Waals surface area contributed by atoms with E-state index in [1.165, 1.54) is 13.0 Å². The van der Waals surface area contributed by atoms with Crippen molar-refractivity contribution < 1.29 is 22.4 Å². The number of benzene rings is 1. The van der Waals surface area contributed by atoms with Gasteiger partial charge in [0.2, 0.25) is 5.91 Å². The zero-order valence-corrected chi connectivity index (χ0v) is 13.7. The number of rotatable bonds is 4. The lowest BCUT2D eigenvalue weighted by Crippen LogP contribution is -2.33. The summed E-state index contributed by atoms with van der Waals surface area (Å²) in [4.78, 5) is 24.3. The summed E-state index contributed by atoms with van der Waals surface area (Å²) in [5, 5.41) is 6.24. The summed E-state index contributed by atoms with van der Waals surface area (Å²) in [6, 6.07) is 4.36. The molecule has 0 saturated heterocycles. The summed E-state index contributed by atoms with van der Waals surface area (Å²) < 4.78 is 53.3. The molecular weight excluding hydrogens is 354 g/mol. The molecule has 1 amide bonds. The van der Waals surface area contributed by atoms with Gasteiger partial charge in [-0.3, -0.25) is 9.59 Å². The average molecular weight is 369 g/mol. The molecule has 5 nitrogen and oxygen atoms in total. The third-order valence-corrected chi connectivity index (χ3v) is 4.15. The Labute approximate surface area is 145 Å². The van der Waals surface area contributed by atoms with Gasteiger partial charge in [0, 0.05) is 12.0 Å². The molecule has 1 unspecified atom stereocenters. The van der Waals surface area contributed by atoms with Crippen LogP contribution in [-0.4, -0.2) is 15.7 Å². The molecule has 0 spiro atoms. The van der Waals surface area contributed by atoms with Gasteiger partial charge in [-0.05, 0) is 38.0 Å². The van der Waals surface area contributed by atoms with E-state index in [0.717, 1.165) is 29.7 Å². The summed E-state index contributed by atoms with van der Waals surface area (Å²) in [6.45, 7) is 1.37. The molecule has 1 saturated carbocycles. The Morgan fingerprint density at radius 1 is 1.27 bits per heavy atom. The van der Waals surface area contributed by atoms with Crippen LogP contribution in [0.25, 0.3) is 0 Å². The standard InChI is InChI=1S/C17H15F4N3O2/c1-9(24-14(25)8-7-12(23-24)10-5-6-10)16(26)22-13-4-2-3-11(15(13)18)17(19,20)21/h2-4,7-10H,5-6H2,1H3,(H,22,26). The highest BCUT2D eigenvalue weighted by Crippen LogP contribution is 2.38. The molecule has 0 aliphatic heterocycles. The summed E-state index contributed by atoms with van der Waals surface area (Å²) in [5.74, 6) is -2.17. The smallest absolute Gasteiger partial charge is 0.322 e. The molecule has 1 aliphatic carbocycles. The molecular formula is C17H15F4N3O2. The quantitative estimate of drug-likeness (QED) is 0.840. The monoisotopic (exact) mass is 369 g/mol. The maximum absolute atomic E-state index is 14.0. The van der Waals surface area contributed by atoms with Gasteiger partial charge in [0.15, 0.2) is 5.82 Å². The summed E-state index contributed by atoms with van der Waals surface area (Å²) in [6.07, 6.45) is -2.99. The summed E-state index contributed by atoms with van der Waals surface area (Å²) >= 11 is 0. The lowest BCUT2D eigenvalue weighted by Gasteiger charge is -2.16. The number of nitrogens with zero attached hydrogens (tertiary/aromatic N) is 2. The maximum atomic E-state index is 14.0. The van der Waals surface area contributed by atoms with E-state index in [2.05, 4.69) is 10.4 Å². The van der Waals surface area contributed by atoms with Crippen LogP contribution in [0.1, 0.15) is 43.0 Å². The van der Waals surface area contributed by atoms with Crippen LogP contribution in [0.3, 0.4) is 0 Å². The zero-order valence-electron chi connectivity index (χ0n) is 13.7. The molecule has 0 bridgehead atoms. The van der Waals surface area contributed by atoms with E-state index in [1.807, 2.05) is 0 Å². The van der Waals surface area contributed by atoms with Gasteiger partial charge in [-0.15, -0.1) is 0 Å². The van der Waals surface area contributed by atoms with Crippen LogP contribution in [0, 0.1) is 5.82 Å². The van der Waals surface area contributed by atoms with Crippen molar-refractivity contribution in [2.45, 2.75) is 37.9 Å². The largest absolute Gasteiger partial charge is 0.419 e. The molecule has 1 heterocycles. The molecule has 0 radical (unpaired) electrons. The van der Waals surface area contributed by atoms with Crippen molar-refractivity contribution in [3.05, 3.63) is 57.8 Å². The number of hydrogen-bond donors (Lipinski definition) is 1. The lowest BCUT2D eigenvalue weighted by atomic mass is 10.1. The SMILES string of the molecule is CC(C(=O)Nc1cccc(C(F)(F)F)c1F)n1nc(C2CC2)ccc1=O. The number of hydrogen-bond acceptors (Lipinski definition) is 3. The number of aromatic nitrogens is 2. The first-order valence-corrected chi connectivity index (χ1v) is 7.95. The molecule has 1 N–H and O–H groups in total. The van der Waals surface area contributed by atoms with Crippen molar-refractivity contribution >= 4 is 11.6 Å². The Hall–Kier alpha value is -2.71. The Balaban J connectivity index is 1.85. The molecule has 26 heavy (non-hydrogen) atoms. The second-order valence-corrected chi connectivity index (χ2v) is 6.15. The Morgan fingerprint density at radius 2 is 1.96 bits per heavy atom. The minimum Gasteiger partial charge on any atom is -0.322 e. The van der Waals surface area contributed by atoms with Crippen LogP contribution in [0.2, 0.25) is 0 Å². The van der Waals surface area contributed by atoms with E-state index in [1.54, 1.807) is 6.07 Å². The number of halogens is 4. The number of anilines is 1. The van der Waals surface area contributed by atoms with Gasteiger partial charge in [0.1, 0.15) is 6.04 Å². The lowest BCUT2D eigenvalue weighted by molar-refractivity contribution is -0.140. The fourth-order valence-corrected chi connectivity index (χ4v) is 2.51. The Bertz CT molecular complexity index is 904. The first-order valence-electron chi connectivity index (χ1n) is 7.95. The fourth-order valence-electron chi connectivity index (χ4n) is 2.51. The van der Waals surface area contributed by atoms with E-state index in [9.17, 15) is 27.2 Å². The molecule has 1 aromatic heterocycles. The van der Waals surface area contributed by atoms with E-state index in [0.29, 0.717) is 11.8 Å². The molecule has 9 heteroatoms. The summed E-state index contributed by atoms with van der Waals surface area (Å²) in [5.41, 5.74) is -1.94. The van der Waals surface area contributed by atoms with Crippen molar-refractivity contribution in [3.63, 3.8) is 0 Å². The molecule has 1 atom stereocenters. The zero-order chi connectivity index (χ0) is 19.1. The van der Waals surface area contributed by atoms with Crippen molar-refractivity contribution in [3.8, 4) is 0 Å². The third-order valence-electron chi connectivity index (χ3n) is 4.15. The first kappa shape index (κ1) is 18.1. The van der Waals surface area contributed by atoms with E-state index < -0.39 is 40.8 Å². The highest BCUT2D eigenvalue weighted by atomic mass is 19.4. The van der Waals surface area contributed by atoms with Gasteiger partial charge < -0.3 is 5.32 Å². The van der Waals surface area contributed by atoms with Gasteiger partial charge >= 0.3 is 6.18 Å². The van der Waals surface area contributed by atoms with Crippen LogP contribution in [0.4, 0.5) is 23.2 Å². The van der Waals surface area contributed by atoms with Gasteiger partial charge in [0.05, 0.1) is 16.9 Å². The minimum atomic E-state index is -4.88. The fraction of sp³-hybridized carbons (Fsp3) is 0.353. The van der Waals surface area contributed by atoms with E-state index in [4.69, 9.17) is 0 Å². The topological polar surface area (TPSA) is 64.0 Å². The molecule has 1 aromatic carbocycles. The normalized spacial score (nSPS) is 15.6. The van der Waals surface area contributed by atoms with Gasteiger partial charge in [-0.25, -0.2) is 9.07 Å². The Kier molecular flexibility index (Phi) is 4.55. The van der Waals surface area contributed by atoms with Gasteiger partial charge in [-0.2, -0.15) is 18.3 Å². The molecule has 1 fully saturated rings. The number of amides is 1. The number of carbonyl (C=O) groups is 1. The molecule has 138 valence electrons. The van der Waals surface area contributed by atoms with Gasteiger partial charge in [0.25, 0.3) is 5.56 Å². The Morgan fingerprint density at radius 3 is 2.58 bits per heavy atom. The molecule has 2 aromatic rings. The van der Waals surface area contributed by atoms with Crippen molar-refractivity contribution in [1.29, 1.82) is 0 Å². The maximum Gasteiger partial charge on any atom is 0.419 e. The molecule has 1 aliphatic rings. The molecule has 3 rings (SSSR count). The van der Waals surface area contributed by atoms with E-state index in [-0.39, 0.29) is 5.92 Å². The van der Waals surface area contributed by atoms with Crippen LogP contribution < -0.4 is 10.9 Å². The van der Waals surface area contributed by atoms with Crippen molar-refractivity contribution in [1.82, 2.24) is 9.78 Å². The highest BCUT2D eigenvalue weighted by Gasteiger charge is 2.35. The van der Waals surface area contributed by atoms with Crippen LogP contribution in [0.5, 0.6) is 0 Å². The number of nitrogens with one attached hydrogen (secondary N) is 1. The van der Waals surface area contributed by atoms with Crippen molar-refractivity contribution in [2.75, 3.05) is 5.32 Å². The van der Waals surface area contributed by atoms with Crippen LogP contribution in [-0.2, 0) is 11.0 Å². The minimum absolute atomic E-state index is 0.248. The predicted molar refractivity (Wildman–Crippen MR) is 85.2 cm³/mol. The predicted octanol–water partition coefficient (Wildman–Crippen LogP) is 3.48. The number of carbonyl (C=O) groups excluding carboxylic acids is 1. The summed E-state index contributed by atoms with van der Waals surface area (Å²) in [7, 11) is 0. The van der Waals surface area contributed by atoms with Gasteiger partial charge in [-0.1, -0.05) is 6.07 Å². The average Bonchev–Trinajstić information content (AvgIpc) is 3.40. The number of alkyl halides is 3.